The number of rotatable bonds is 6. The Kier molecular flexibility index (Phi) is 5.11. The highest BCUT2D eigenvalue weighted by atomic mass is 19.1. The Bertz CT molecular complexity index is 1100. The Morgan fingerprint density at radius 1 is 1.45 bits per heavy atom. The number of nitrogens with two attached hydrogens (primary N) is 1. The zero-order valence-corrected chi connectivity index (χ0v) is 16.3. The molecule has 8 nitrogen and oxygen atoms in total. The van der Waals surface area contributed by atoms with E-state index >= 15 is 0 Å². The molecule has 0 amide bonds. The predicted octanol–water partition coefficient (Wildman–Crippen LogP) is 2.48. The predicted molar refractivity (Wildman–Crippen MR) is 109 cm³/mol. The molecular formula is C20H22FN7O. The van der Waals surface area contributed by atoms with Gasteiger partial charge in [-0.15, -0.1) is 10.2 Å². The second kappa shape index (κ2) is 7.86. The Morgan fingerprint density at radius 2 is 2.31 bits per heavy atom. The maximum Gasteiger partial charge on any atom is 0.210 e. The van der Waals surface area contributed by atoms with Crippen LogP contribution in [-0.4, -0.2) is 37.9 Å². The van der Waals surface area contributed by atoms with E-state index in [0.717, 1.165) is 11.3 Å². The van der Waals surface area contributed by atoms with Gasteiger partial charge in [0.25, 0.3) is 0 Å². The zero-order chi connectivity index (χ0) is 20.4. The fraction of sp³-hybridized carbons (Fsp3) is 0.300. The molecule has 0 saturated heterocycles. The van der Waals surface area contributed by atoms with E-state index in [4.69, 9.17) is 10.5 Å². The lowest BCUT2D eigenvalue weighted by Gasteiger charge is -2.13. The maximum absolute atomic E-state index is 14.4. The van der Waals surface area contributed by atoms with E-state index in [-0.39, 0.29) is 18.4 Å². The number of aliphatic imine (C=N–C) groups is 1. The van der Waals surface area contributed by atoms with Gasteiger partial charge < -0.3 is 15.8 Å². The second-order valence-electron chi connectivity index (χ2n) is 6.94. The van der Waals surface area contributed by atoms with Gasteiger partial charge in [0.1, 0.15) is 17.9 Å². The SMILES string of the molecule is CC(C)N=C(C=CN)c1cnc(NCc2c(F)ccc3c2CCO3)n2cnnc12. The molecule has 0 saturated carbocycles. The molecule has 1 aliphatic rings. The molecule has 0 unspecified atom stereocenters. The molecule has 29 heavy (non-hydrogen) atoms. The van der Waals surface area contributed by atoms with Crippen LogP contribution in [0, 0.1) is 5.82 Å². The van der Waals surface area contributed by atoms with Crippen molar-refractivity contribution in [2.75, 3.05) is 11.9 Å². The lowest BCUT2D eigenvalue weighted by molar-refractivity contribution is 0.356. The molecule has 0 atom stereocenters. The molecule has 2 aromatic heterocycles. The summed E-state index contributed by atoms with van der Waals surface area (Å²) in [4.78, 5) is 9.08. The Balaban J connectivity index is 1.68. The number of nitrogens with zero attached hydrogens (tertiary/aromatic N) is 5. The van der Waals surface area contributed by atoms with Gasteiger partial charge in [-0.05, 0) is 38.3 Å². The van der Waals surface area contributed by atoms with Crippen LogP contribution in [0.5, 0.6) is 5.75 Å². The number of hydrogen-bond donors (Lipinski definition) is 2. The minimum atomic E-state index is -0.266. The first-order valence-electron chi connectivity index (χ1n) is 9.40. The third-order valence-corrected chi connectivity index (χ3v) is 4.62. The molecule has 150 valence electrons. The molecule has 1 aromatic carbocycles. The molecule has 1 aliphatic heterocycles. The van der Waals surface area contributed by atoms with Crippen molar-refractivity contribution < 1.29 is 9.13 Å². The molecule has 0 bridgehead atoms. The number of hydrogen-bond acceptors (Lipinski definition) is 7. The van der Waals surface area contributed by atoms with Crippen LogP contribution in [0.4, 0.5) is 10.3 Å². The van der Waals surface area contributed by atoms with Crippen molar-refractivity contribution in [1.82, 2.24) is 19.6 Å². The first-order valence-corrected chi connectivity index (χ1v) is 9.40. The summed E-state index contributed by atoms with van der Waals surface area (Å²) in [5.74, 6) is 0.979. The van der Waals surface area contributed by atoms with Crippen LogP contribution >= 0.6 is 0 Å². The Labute approximate surface area is 167 Å². The van der Waals surface area contributed by atoms with Gasteiger partial charge in [0.2, 0.25) is 5.95 Å². The molecular weight excluding hydrogens is 373 g/mol. The average molecular weight is 395 g/mol. The van der Waals surface area contributed by atoms with E-state index in [1.807, 2.05) is 13.8 Å². The number of fused-ring (bicyclic) bond motifs is 2. The molecule has 9 heteroatoms. The van der Waals surface area contributed by atoms with Crippen molar-refractivity contribution in [3.8, 4) is 5.75 Å². The lowest BCUT2D eigenvalue weighted by atomic mass is 10.0. The largest absolute Gasteiger partial charge is 0.493 e. The first-order chi connectivity index (χ1) is 14.1. The van der Waals surface area contributed by atoms with Gasteiger partial charge >= 0.3 is 0 Å². The van der Waals surface area contributed by atoms with Crippen LogP contribution < -0.4 is 15.8 Å². The number of anilines is 1. The number of halogens is 1. The van der Waals surface area contributed by atoms with Crippen LogP contribution in [-0.2, 0) is 13.0 Å². The van der Waals surface area contributed by atoms with Crippen LogP contribution in [0.2, 0.25) is 0 Å². The second-order valence-corrected chi connectivity index (χ2v) is 6.94. The minimum absolute atomic E-state index is 0.0762. The topological polar surface area (TPSA) is 103 Å². The first kappa shape index (κ1) is 18.9. The molecule has 0 spiro atoms. The Morgan fingerprint density at radius 3 is 3.10 bits per heavy atom. The van der Waals surface area contributed by atoms with Crippen molar-refractivity contribution in [3.05, 3.63) is 59.4 Å². The molecule has 0 aliphatic carbocycles. The van der Waals surface area contributed by atoms with Crippen molar-refractivity contribution in [1.29, 1.82) is 0 Å². The fourth-order valence-electron chi connectivity index (χ4n) is 3.38. The summed E-state index contributed by atoms with van der Waals surface area (Å²) in [7, 11) is 0. The lowest BCUT2D eigenvalue weighted by Crippen LogP contribution is -2.12. The number of allylic oxidation sites excluding steroid dienone is 1. The summed E-state index contributed by atoms with van der Waals surface area (Å²) in [5.41, 5.74) is 9.03. The summed E-state index contributed by atoms with van der Waals surface area (Å²) >= 11 is 0. The van der Waals surface area contributed by atoms with E-state index in [2.05, 4.69) is 25.5 Å². The molecule has 0 fully saturated rings. The van der Waals surface area contributed by atoms with Crippen LogP contribution in [0.15, 0.2) is 41.9 Å². The Hall–Kier alpha value is -3.49. The molecule has 0 radical (unpaired) electrons. The molecule has 4 rings (SSSR count). The van der Waals surface area contributed by atoms with E-state index < -0.39 is 0 Å². The third kappa shape index (κ3) is 3.63. The van der Waals surface area contributed by atoms with Crippen molar-refractivity contribution >= 4 is 17.3 Å². The molecule has 3 heterocycles. The normalized spacial score (nSPS) is 14.0. The van der Waals surface area contributed by atoms with Crippen LogP contribution in [0.1, 0.15) is 30.5 Å². The van der Waals surface area contributed by atoms with Gasteiger partial charge in [0.15, 0.2) is 5.65 Å². The number of aromatic nitrogens is 4. The average Bonchev–Trinajstić information content (AvgIpc) is 3.36. The summed E-state index contributed by atoms with van der Waals surface area (Å²) in [5, 5.41) is 11.4. The summed E-state index contributed by atoms with van der Waals surface area (Å²) in [6, 6.07) is 3.18. The smallest absolute Gasteiger partial charge is 0.210 e. The van der Waals surface area contributed by atoms with Gasteiger partial charge in [-0.3, -0.25) is 9.39 Å². The molecule has 3 aromatic rings. The van der Waals surface area contributed by atoms with Gasteiger partial charge in [-0.25, -0.2) is 9.37 Å². The standard InChI is InChI=1S/C20H22FN7O/c1-12(2)26-17(5-7-22)15-10-24-20(28-11-25-27-19(15)28)23-9-14-13-6-8-29-18(13)4-3-16(14)21/h3-5,7,10-12H,6,8-9,22H2,1-2H3,(H,23,24). The minimum Gasteiger partial charge on any atom is -0.493 e. The summed E-state index contributed by atoms with van der Waals surface area (Å²) in [6.07, 6.45) is 7.06. The highest BCUT2D eigenvalue weighted by Gasteiger charge is 2.20. The third-order valence-electron chi connectivity index (χ3n) is 4.62. The van der Waals surface area contributed by atoms with Gasteiger partial charge in [0.05, 0.1) is 17.9 Å². The van der Waals surface area contributed by atoms with Gasteiger partial charge in [-0.2, -0.15) is 0 Å². The van der Waals surface area contributed by atoms with Crippen molar-refractivity contribution in [3.63, 3.8) is 0 Å². The van der Waals surface area contributed by atoms with Crippen molar-refractivity contribution in [2.24, 2.45) is 10.7 Å². The van der Waals surface area contributed by atoms with Gasteiger partial charge in [0, 0.05) is 36.3 Å². The van der Waals surface area contributed by atoms with E-state index in [9.17, 15) is 4.39 Å². The monoisotopic (exact) mass is 395 g/mol. The quantitative estimate of drug-likeness (QED) is 0.622. The highest BCUT2D eigenvalue weighted by Crippen LogP contribution is 2.30. The number of benzene rings is 1. The van der Waals surface area contributed by atoms with Crippen molar-refractivity contribution in [2.45, 2.75) is 32.9 Å². The summed E-state index contributed by atoms with van der Waals surface area (Å²) < 4.78 is 21.6. The fourth-order valence-corrected chi connectivity index (χ4v) is 3.38. The zero-order valence-electron chi connectivity index (χ0n) is 16.3. The van der Waals surface area contributed by atoms with Crippen LogP contribution in [0.25, 0.3) is 5.65 Å². The van der Waals surface area contributed by atoms with Crippen LogP contribution in [0.3, 0.4) is 0 Å². The van der Waals surface area contributed by atoms with E-state index in [1.54, 1.807) is 29.1 Å². The maximum atomic E-state index is 14.4. The number of nitrogens with one attached hydrogen (secondary N) is 1. The summed E-state index contributed by atoms with van der Waals surface area (Å²) in [6.45, 7) is 4.80. The van der Waals surface area contributed by atoms with E-state index in [0.29, 0.717) is 41.5 Å². The van der Waals surface area contributed by atoms with E-state index in [1.165, 1.54) is 12.3 Å². The van der Waals surface area contributed by atoms with Gasteiger partial charge in [-0.1, -0.05) is 0 Å². The molecule has 3 N–H and O–H groups in total. The number of ether oxygens (including phenoxy) is 1. The highest BCUT2D eigenvalue weighted by molar-refractivity contribution is 6.12.